The van der Waals surface area contributed by atoms with Crippen LogP contribution in [-0.2, 0) is 20.7 Å². The number of amidine groups is 1. The Morgan fingerprint density at radius 3 is 2.70 bits per heavy atom. The molecule has 2 saturated heterocycles. The molecule has 1 aromatic heterocycles. The number of imidazole rings is 1. The van der Waals surface area contributed by atoms with E-state index in [9.17, 15) is 14.4 Å². The number of aromatic amines is 1. The highest BCUT2D eigenvalue weighted by Gasteiger charge is 2.38. The number of fused-ring (bicyclic) bond motifs is 2. The average molecular weight is 640 g/mol. The van der Waals surface area contributed by atoms with E-state index in [1.54, 1.807) is 6.20 Å². The van der Waals surface area contributed by atoms with Gasteiger partial charge in [-0.2, -0.15) is 0 Å². The molecule has 5 heterocycles. The molecular weight excluding hydrogens is 598 g/mol. The van der Waals surface area contributed by atoms with Crippen molar-refractivity contribution >= 4 is 24.2 Å². The molecule has 12 heteroatoms. The number of likely N-dealkylation sites (tertiary alicyclic amines) is 2. The molecule has 4 aliphatic rings. The number of methoxy groups -OCH3 is 1. The van der Waals surface area contributed by atoms with E-state index in [1.807, 2.05) is 35.8 Å². The lowest BCUT2D eigenvalue weighted by Gasteiger charge is -2.30. The van der Waals surface area contributed by atoms with Crippen LogP contribution in [0.5, 0.6) is 11.5 Å². The molecule has 47 heavy (non-hydrogen) atoms. The second kappa shape index (κ2) is 12.7. The summed E-state index contributed by atoms with van der Waals surface area (Å²) in [4.78, 5) is 53.4. The molecular formula is C35H41N7O5. The van der Waals surface area contributed by atoms with Crippen LogP contribution in [0.1, 0.15) is 74.1 Å². The van der Waals surface area contributed by atoms with Crippen molar-refractivity contribution < 1.29 is 23.9 Å². The van der Waals surface area contributed by atoms with Crippen molar-refractivity contribution in [1.29, 1.82) is 0 Å². The first-order valence-corrected chi connectivity index (χ1v) is 16.5. The Hall–Kier alpha value is -4.87. The van der Waals surface area contributed by atoms with E-state index in [2.05, 4.69) is 44.9 Å². The highest BCUT2D eigenvalue weighted by molar-refractivity contribution is 5.91. The van der Waals surface area contributed by atoms with Gasteiger partial charge in [0.05, 0.1) is 43.7 Å². The molecule has 3 N–H and O–H groups in total. The molecule has 0 aliphatic carbocycles. The maximum atomic E-state index is 13.5. The third-order valence-electron chi connectivity index (χ3n) is 9.82. The number of carbonyl (C=O) groups excluding carboxylic acids is 3. The van der Waals surface area contributed by atoms with Gasteiger partial charge in [-0.3, -0.25) is 14.6 Å². The number of ether oxygens (including phenoxy) is 2. The summed E-state index contributed by atoms with van der Waals surface area (Å²) < 4.78 is 11.2. The highest BCUT2D eigenvalue weighted by Crippen LogP contribution is 2.40. The Bertz CT molecular complexity index is 1720. The molecule has 7 rings (SSSR count). The fourth-order valence-electron chi connectivity index (χ4n) is 7.24. The lowest BCUT2D eigenvalue weighted by molar-refractivity contribution is -0.135. The summed E-state index contributed by atoms with van der Waals surface area (Å²) in [5.74, 6) is 3.06. The minimum absolute atomic E-state index is 0.0534. The van der Waals surface area contributed by atoms with Crippen LogP contribution in [-0.4, -0.2) is 82.8 Å². The van der Waals surface area contributed by atoms with Crippen molar-refractivity contribution in [2.45, 2.75) is 70.1 Å². The summed E-state index contributed by atoms with van der Waals surface area (Å²) in [6, 6.07) is 11.8. The van der Waals surface area contributed by atoms with Crippen molar-refractivity contribution in [3.05, 3.63) is 65.1 Å². The summed E-state index contributed by atoms with van der Waals surface area (Å²) >= 11 is 0. The number of H-pyrrole nitrogens is 1. The van der Waals surface area contributed by atoms with Gasteiger partial charge in [-0.25, -0.2) is 9.78 Å². The molecule has 0 radical (unpaired) electrons. The largest absolute Gasteiger partial charge is 0.457 e. The van der Waals surface area contributed by atoms with Gasteiger partial charge in [0.25, 0.3) is 0 Å². The second-order valence-electron chi connectivity index (χ2n) is 13.1. The second-order valence-corrected chi connectivity index (χ2v) is 13.1. The summed E-state index contributed by atoms with van der Waals surface area (Å²) in [5.41, 5.74) is 5.18. The Morgan fingerprint density at radius 1 is 1.06 bits per heavy atom. The summed E-state index contributed by atoms with van der Waals surface area (Å²) in [6.45, 7) is 5.85. The quantitative estimate of drug-likeness (QED) is 0.242. The van der Waals surface area contributed by atoms with Gasteiger partial charge < -0.3 is 34.9 Å². The maximum Gasteiger partial charge on any atom is 0.407 e. The molecule has 0 spiro atoms. The molecule has 3 amide bonds. The first-order valence-electron chi connectivity index (χ1n) is 16.5. The van der Waals surface area contributed by atoms with Gasteiger partial charge in [0.2, 0.25) is 12.3 Å². The first-order chi connectivity index (χ1) is 22.8. The van der Waals surface area contributed by atoms with Crippen molar-refractivity contribution in [2.24, 2.45) is 10.9 Å². The number of alkyl carbamates (subject to hydrolysis) is 1. The highest BCUT2D eigenvalue weighted by atomic mass is 16.5. The van der Waals surface area contributed by atoms with E-state index in [1.165, 1.54) is 7.11 Å². The van der Waals surface area contributed by atoms with Crippen LogP contribution < -0.4 is 15.4 Å². The number of amides is 3. The number of aliphatic imine (C=N–C) groups is 1. The topological polar surface area (TPSA) is 141 Å². The van der Waals surface area contributed by atoms with Crippen LogP contribution >= 0.6 is 0 Å². The van der Waals surface area contributed by atoms with Crippen molar-refractivity contribution in [3.63, 3.8) is 0 Å². The van der Waals surface area contributed by atoms with Gasteiger partial charge in [0, 0.05) is 25.1 Å². The average Bonchev–Trinajstić information content (AvgIpc) is 3.91. The van der Waals surface area contributed by atoms with Gasteiger partial charge in [0.1, 0.15) is 29.2 Å². The van der Waals surface area contributed by atoms with Gasteiger partial charge in [-0.15, -0.1) is 0 Å². The van der Waals surface area contributed by atoms with Crippen LogP contribution in [0.3, 0.4) is 0 Å². The van der Waals surface area contributed by atoms with Crippen LogP contribution in [0.2, 0.25) is 0 Å². The van der Waals surface area contributed by atoms with Crippen molar-refractivity contribution in [2.75, 3.05) is 26.7 Å². The van der Waals surface area contributed by atoms with E-state index in [0.717, 1.165) is 96.2 Å². The monoisotopic (exact) mass is 639 g/mol. The van der Waals surface area contributed by atoms with Gasteiger partial charge in [-0.05, 0) is 66.5 Å². The molecule has 4 atom stereocenters. The van der Waals surface area contributed by atoms with Crippen LogP contribution in [0.25, 0.3) is 11.3 Å². The normalized spacial score (nSPS) is 22.2. The van der Waals surface area contributed by atoms with E-state index >= 15 is 0 Å². The molecule has 4 aliphatic heterocycles. The van der Waals surface area contributed by atoms with Crippen LogP contribution in [0, 0.1) is 5.92 Å². The third-order valence-corrected chi connectivity index (χ3v) is 9.82. The number of nitrogens with zero attached hydrogens (tertiary/aromatic N) is 4. The third kappa shape index (κ3) is 5.92. The zero-order valence-electron chi connectivity index (χ0n) is 27.0. The lowest BCUT2D eigenvalue weighted by Crippen LogP contribution is -2.51. The fraction of sp³-hybridized carbons (Fsp3) is 0.457. The van der Waals surface area contributed by atoms with E-state index < -0.39 is 12.1 Å². The van der Waals surface area contributed by atoms with Crippen LogP contribution in [0.4, 0.5) is 4.79 Å². The van der Waals surface area contributed by atoms with Gasteiger partial charge in [0.15, 0.2) is 0 Å². The Balaban J connectivity index is 1.03. The number of carbonyl (C=O) groups is 3. The molecule has 2 fully saturated rings. The zero-order valence-corrected chi connectivity index (χ0v) is 27.0. The number of hydrogen-bond acceptors (Lipinski definition) is 8. The zero-order chi connectivity index (χ0) is 32.7. The summed E-state index contributed by atoms with van der Waals surface area (Å²) in [5, 5.41) is 6.27. The Kier molecular flexibility index (Phi) is 8.33. The maximum absolute atomic E-state index is 13.5. The standard InChI is InChI=1S/C35H41N7O5/c1-20(2)31(40-35(45)46-3)34(44)42-13-5-7-28(42)33-37-18-26(39-33)22-8-9-23-15-24-14-21(10-11-29(24)47-30(23)16-22)25-17-36-32(38-25)27-6-4-12-41(27)19-43/h8-11,14,16,18-20,25,27-28,31H,4-7,12-13,15,17H2,1-3H3,(H,36,38)(H,37,39)(H,40,45)/t25?,27-,28-,31-/m0/s1. The minimum Gasteiger partial charge on any atom is -0.457 e. The number of hydrogen-bond donors (Lipinski definition) is 3. The predicted octanol–water partition coefficient (Wildman–Crippen LogP) is 4.48. The Labute approximate surface area is 273 Å². The molecule has 3 aromatic rings. The lowest BCUT2D eigenvalue weighted by atomic mass is 9.95. The van der Waals surface area contributed by atoms with E-state index in [-0.39, 0.29) is 30.0 Å². The summed E-state index contributed by atoms with van der Waals surface area (Å²) in [6.07, 6.45) is 6.47. The summed E-state index contributed by atoms with van der Waals surface area (Å²) in [7, 11) is 1.29. The predicted molar refractivity (Wildman–Crippen MR) is 175 cm³/mol. The molecule has 1 unspecified atom stereocenters. The Morgan fingerprint density at radius 2 is 1.89 bits per heavy atom. The molecule has 12 nitrogen and oxygen atoms in total. The molecule has 2 aromatic carbocycles. The van der Waals surface area contributed by atoms with Gasteiger partial charge >= 0.3 is 6.09 Å². The number of benzene rings is 2. The van der Waals surface area contributed by atoms with Gasteiger partial charge in [-0.1, -0.05) is 32.0 Å². The smallest absolute Gasteiger partial charge is 0.407 e. The van der Waals surface area contributed by atoms with Crippen LogP contribution in [0.15, 0.2) is 47.6 Å². The first kappa shape index (κ1) is 30.8. The molecule has 0 saturated carbocycles. The molecule has 0 bridgehead atoms. The number of rotatable bonds is 8. The minimum atomic E-state index is -0.680. The van der Waals surface area contributed by atoms with E-state index in [4.69, 9.17) is 14.5 Å². The molecule has 246 valence electrons. The number of aromatic nitrogens is 2. The van der Waals surface area contributed by atoms with Crippen molar-refractivity contribution in [3.8, 4) is 22.8 Å². The number of nitrogens with one attached hydrogen (secondary N) is 3. The SMILES string of the molecule is COC(=O)N[C@H](C(=O)N1CCC[C@H]1c1ncc(-c2ccc3c(c2)Oc2ccc(C4CN=C([C@@H]5CCCN5C=O)N4)cc2C3)[nH]1)C(C)C. The fourth-order valence-corrected chi connectivity index (χ4v) is 7.24. The van der Waals surface area contributed by atoms with E-state index in [0.29, 0.717) is 13.1 Å². The van der Waals surface area contributed by atoms with Crippen molar-refractivity contribution in [1.82, 2.24) is 30.4 Å².